The van der Waals surface area contributed by atoms with E-state index in [0.717, 1.165) is 6.07 Å². The Morgan fingerprint density at radius 2 is 2.14 bits per heavy atom. The van der Waals surface area contributed by atoms with Crippen molar-refractivity contribution < 1.29 is 18.0 Å². The standard InChI is InChI=1S/C13H10BrF3N2OS/c1-19(5-9-6-21-7-18-9)12(20)8-2-3-11(14)10(4-8)13(15,16)17/h2-4,6-7H,5H2,1H3. The molecule has 8 heteroatoms. The van der Waals surface area contributed by atoms with Gasteiger partial charge in [0.15, 0.2) is 0 Å². The molecule has 1 heterocycles. The highest BCUT2D eigenvalue weighted by Gasteiger charge is 2.33. The van der Waals surface area contributed by atoms with Crippen LogP contribution in [-0.2, 0) is 12.7 Å². The predicted molar refractivity (Wildman–Crippen MR) is 77.1 cm³/mol. The number of nitrogens with zero attached hydrogens (tertiary/aromatic N) is 2. The van der Waals surface area contributed by atoms with Crippen molar-refractivity contribution in [1.29, 1.82) is 0 Å². The van der Waals surface area contributed by atoms with Crippen LogP contribution in [-0.4, -0.2) is 22.8 Å². The minimum absolute atomic E-state index is 0.0109. The van der Waals surface area contributed by atoms with E-state index in [1.54, 1.807) is 10.9 Å². The van der Waals surface area contributed by atoms with Crippen LogP contribution < -0.4 is 0 Å². The molecule has 1 aromatic heterocycles. The smallest absolute Gasteiger partial charge is 0.336 e. The minimum atomic E-state index is -4.51. The largest absolute Gasteiger partial charge is 0.417 e. The molecular weight excluding hydrogens is 369 g/mol. The Labute approximate surface area is 131 Å². The molecule has 0 saturated carbocycles. The molecule has 0 bridgehead atoms. The fraction of sp³-hybridized carbons (Fsp3) is 0.231. The van der Waals surface area contributed by atoms with E-state index in [1.807, 2.05) is 0 Å². The van der Waals surface area contributed by atoms with Crippen LogP contribution in [0.15, 0.2) is 33.6 Å². The van der Waals surface area contributed by atoms with E-state index in [-0.39, 0.29) is 16.6 Å². The van der Waals surface area contributed by atoms with Gasteiger partial charge < -0.3 is 4.90 Å². The number of thiazole rings is 1. The van der Waals surface area contributed by atoms with Gasteiger partial charge in [-0.25, -0.2) is 4.98 Å². The summed E-state index contributed by atoms with van der Waals surface area (Å²) in [5.74, 6) is -0.485. The molecule has 1 amide bonds. The SMILES string of the molecule is CN(Cc1cscn1)C(=O)c1ccc(Br)c(C(F)(F)F)c1. The first-order valence-corrected chi connectivity index (χ1v) is 7.52. The van der Waals surface area contributed by atoms with Crippen molar-refractivity contribution in [2.24, 2.45) is 0 Å². The first-order valence-electron chi connectivity index (χ1n) is 5.78. The Kier molecular flexibility index (Phi) is 4.67. The molecule has 0 atom stereocenters. The van der Waals surface area contributed by atoms with Crippen LogP contribution in [0.4, 0.5) is 13.2 Å². The Hall–Kier alpha value is -1.41. The number of carbonyl (C=O) groups is 1. The Morgan fingerprint density at radius 3 is 2.71 bits per heavy atom. The van der Waals surface area contributed by atoms with Crippen molar-refractivity contribution in [3.63, 3.8) is 0 Å². The maximum absolute atomic E-state index is 12.8. The van der Waals surface area contributed by atoms with E-state index in [2.05, 4.69) is 20.9 Å². The van der Waals surface area contributed by atoms with Crippen LogP contribution in [0.2, 0.25) is 0 Å². The molecule has 0 radical (unpaired) electrons. The average molecular weight is 379 g/mol. The summed E-state index contributed by atoms with van der Waals surface area (Å²) < 4.78 is 38.4. The van der Waals surface area contributed by atoms with E-state index in [9.17, 15) is 18.0 Å². The lowest BCUT2D eigenvalue weighted by atomic mass is 10.1. The number of amides is 1. The van der Waals surface area contributed by atoms with E-state index >= 15 is 0 Å². The molecule has 0 aliphatic carbocycles. The van der Waals surface area contributed by atoms with Crippen LogP contribution in [0.25, 0.3) is 0 Å². The van der Waals surface area contributed by atoms with Gasteiger partial charge in [-0.15, -0.1) is 11.3 Å². The molecule has 2 aromatic rings. The van der Waals surface area contributed by atoms with Gasteiger partial charge >= 0.3 is 6.18 Å². The van der Waals surface area contributed by atoms with Crippen LogP contribution in [0.1, 0.15) is 21.6 Å². The summed E-state index contributed by atoms with van der Waals surface area (Å²) in [6.45, 7) is 0.250. The quantitative estimate of drug-likeness (QED) is 0.801. The van der Waals surface area contributed by atoms with E-state index < -0.39 is 17.6 Å². The Balaban J connectivity index is 2.23. The molecule has 0 aliphatic heterocycles. The summed E-state index contributed by atoms with van der Waals surface area (Å²) >= 11 is 4.24. The predicted octanol–water partition coefficient (Wildman–Crippen LogP) is 4.20. The minimum Gasteiger partial charge on any atom is -0.336 e. The van der Waals surface area contributed by atoms with Crippen molar-refractivity contribution in [1.82, 2.24) is 9.88 Å². The van der Waals surface area contributed by atoms with Crippen LogP contribution in [0.3, 0.4) is 0 Å². The molecule has 21 heavy (non-hydrogen) atoms. The third-order valence-corrected chi connectivity index (χ3v) is 4.07. The van der Waals surface area contributed by atoms with E-state index in [0.29, 0.717) is 5.69 Å². The summed E-state index contributed by atoms with van der Waals surface area (Å²) in [6.07, 6.45) is -4.51. The average Bonchev–Trinajstić information content (AvgIpc) is 2.90. The molecule has 0 saturated heterocycles. The zero-order chi connectivity index (χ0) is 15.6. The summed E-state index contributed by atoms with van der Waals surface area (Å²) in [4.78, 5) is 17.6. The number of rotatable bonds is 3. The summed E-state index contributed by atoms with van der Waals surface area (Å²) in [6, 6.07) is 3.44. The van der Waals surface area contributed by atoms with Gasteiger partial charge in [-0.05, 0) is 18.2 Å². The highest BCUT2D eigenvalue weighted by Crippen LogP contribution is 2.35. The van der Waals surface area contributed by atoms with Crippen molar-refractivity contribution in [2.45, 2.75) is 12.7 Å². The van der Waals surface area contributed by atoms with Gasteiger partial charge in [0.2, 0.25) is 0 Å². The summed E-state index contributed by atoms with van der Waals surface area (Å²) in [7, 11) is 1.52. The third kappa shape index (κ3) is 3.82. The van der Waals surface area contributed by atoms with Crippen molar-refractivity contribution in [3.05, 3.63) is 50.4 Å². The van der Waals surface area contributed by atoms with Gasteiger partial charge in [0.05, 0.1) is 23.3 Å². The molecule has 0 spiro atoms. The van der Waals surface area contributed by atoms with Crippen LogP contribution in [0.5, 0.6) is 0 Å². The van der Waals surface area contributed by atoms with Gasteiger partial charge in [0, 0.05) is 22.5 Å². The normalized spacial score (nSPS) is 11.5. The molecule has 0 aliphatic rings. The van der Waals surface area contributed by atoms with E-state index in [4.69, 9.17) is 0 Å². The van der Waals surface area contributed by atoms with Crippen molar-refractivity contribution in [3.8, 4) is 0 Å². The second-order valence-electron chi connectivity index (χ2n) is 4.33. The Morgan fingerprint density at radius 1 is 1.43 bits per heavy atom. The monoisotopic (exact) mass is 378 g/mol. The molecular formula is C13H10BrF3N2OS. The molecule has 112 valence electrons. The number of alkyl halides is 3. The fourth-order valence-corrected chi connectivity index (χ4v) is 2.75. The molecule has 1 aromatic carbocycles. The molecule has 2 rings (SSSR count). The third-order valence-electron chi connectivity index (χ3n) is 2.75. The number of aromatic nitrogens is 1. The number of hydrogen-bond donors (Lipinski definition) is 0. The van der Waals surface area contributed by atoms with Gasteiger partial charge in [-0.2, -0.15) is 13.2 Å². The highest BCUT2D eigenvalue weighted by molar-refractivity contribution is 9.10. The van der Waals surface area contributed by atoms with Crippen LogP contribution in [0, 0.1) is 0 Å². The first kappa shape index (κ1) is 16.0. The second kappa shape index (κ2) is 6.15. The summed E-state index contributed by atoms with van der Waals surface area (Å²) in [5, 5.41) is 1.78. The topological polar surface area (TPSA) is 33.2 Å². The first-order chi connectivity index (χ1) is 9.79. The maximum Gasteiger partial charge on any atom is 0.417 e. The lowest BCUT2D eigenvalue weighted by Crippen LogP contribution is -2.26. The van der Waals surface area contributed by atoms with Crippen molar-refractivity contribution in [2.75, 3.05) is 7.05 Å². The molecule has 0 fully saturated rings. The molecule has 0 N–H and O–H groups in total. The van der Waals surface area contributed by atoms with Gasteiger partial charge in [0.25, 0.3) is 5.91 Å². The number of benzene rings is 1. The van der Waals surface area contributed by atoms with Crippen molar-refractivity contribution >= 4 is 33.2 Å². The lowest BCUT2D eigenvalue weighted by Gasteiger charge is -2.17. The number of carbonyl (C=O) groups excluding carboxylic acids is 1. The lowest BCUT2D eigenvalue weighted by molar-refractivity contribution is -0.138. The molecule has 0 unspecified atom stereocenters. The summed E-state index contributed by atoms with van der Waals surface area (Å²) in [5.41, 5.74) is 1.46. The van der Waals surface area contributed by atoms with Crippen LogP contribution >= 0.6 is 27.3 Å². The zero-order valence-corrected chi connectivity index (χ0v) is 13.2. The zero-order valence-electron chi connectivity index (χ0n) is 10.8. The van der Waals surface area contributed by atoms with Gasteiger partial charge in [-0.3, -0.25) is 4.79 Å². The van der Waals surface area contributed by atoms with Gasteiger partial charge in [-0.1, -0.05) is 15.9 Å². The Bertz CT molecular complexity index is 643. The fourth-order valence-electron chi connectivity index (χ4n) is 1.73. The van der Waals surface area contributed by atoms with E-state index in [1.165, 1.54) is 35.4 Å². The number of hydrogen-bond acceptors (Lipinski definition) is 3. The molecule has 3 nitrogen and oxygen atoms in total. The number of halogens is 4. The maximum atomic E-state index is 12.8. The highest BCUT2D eigenvalue weighted by atomic mass is 79.9. The second-order valence-corrected chi connectivity index (χ2v) is 5.91. The van der Waals surface area contributed by atoms with Gasteiger partial charge in [0.1, 0.15) is 0 Å².